The van der Waals surface area contributed by atoms with Crippen LogP contribution in [0.15, 0.2) is 30.3 Å². The van der Waals surface area contributed by atoms with Crippen molar-refractivity contribution in [3.05, 3.63) is 30.3 Å². The Bertz CT molecular complexity index is 417. The molecule has 0 fully saturated rings. The standard InChI is InChI=1S/C12H20N2O2S/c1-3-17(15,16)13-10-7-11-14(2)12-8-5-4-6-9-12/h4-6,8-9,13H,3,7,10-11H2,1-2H3. The number of nitrogens with one attached hydrogen (secondary N) is 1. The molecule has 0 saturated heterocycles. The molecule has 4 nitrogen and oxygen atoms in total. The van der Waals surface area contributed by atoms with Gasteiger partial charge in [-0.2, -0.15) is 0 Å². The highest BCUT2D eigenvalue weighted by Crippen LogP contribution is 2.10. The smallest absolute Gasteiger partial charge is 0.211 e. The summed E-state index contributed by atoms with van der Waals surface area (Å²) in [4.78, 5) is 2.11. The predicted molar refractivity (Wildman–Crippen MR) is 71.8 cm³/mol. The van der Waals surface area contributed by atoms with Crippen molar-refractivity contribution in [2.24, 2.45) is 0 Å². The number of hydrogen-bond acceptors (Lipinski definition) is 3. The Hall–Kier alpha value is -1.07. The summed E-state index contributed by atoms with van der Waals surface area (Å²) in [6, 6.07) is 10.0. The van der Waals surface area contributed by atoms with E-state index in [1.54, 1.807) is 6.92 Å². The summed E-state index contributed by atoms with van der Waals surface area (Å²) >= 11 is 0. The van der Waals surface area contributed by atoms with E-state index in [0.29, 0.717) is 6.54 Å². The second-order valence-electron chi connectivity index (χ2n) is 3.91. The number of sulfonamides is 1. The minimum atomic E-state index is -3.05. The maximum atomic E-state index is 11.2. The molecule has 1 rings (SSSR count). The zero-order chi connectivity index (χ0) is 12.7. The van der Waals surface area contributed by atoms with Crippen LogP contribution in [0, 0.1) is 0 Å². The van der Waals surface area contributed by atoms with E-state index < -0.39 is 10.0 Å². The van der Waals surface area contributed by atoms with E-state index in [1.165, 1.54) is 0 Å². The summed E-state index contributed by atoms with van der Waals surface area (Å²) in [7, 11) is -1.05. The highest BCUT2D eigenvalue weighted by atomic mass is 32.2. The Labute approximate surface area is 104 Å². The van der Waals surface area contributed by atoms with Gasteiger partial charge < -0.3 is 4.90 Å². The lowest BCUT2D eigenvalue weighted by Crippen LogP contribution is -2.29. The van der Waals surface area contributed by atoms with Crippen LogP contribution in [0.4, 0.5) is 5.69 Å². The van der Waals surface area contributed by atoms with Crippen molar-refractivity contribution in [3.8, 4) is 0 Å². The highest BCUT2D eigenvalue weighted by molar-refractivity contribution is 7.89. The minimum Gasteiger partial charge on any atom is -0.375 e. The fourth-order valence-corrected chi connectivity index (χ4v) is 2.12. The van der Waals surface area contributed by atoms with Crippen LogP contribution in [-0.4, -0.2) is 34.3 Å². The lowest BCUT2D eigenvalue weighted by atomic mass is 10.3. The predicted octanol–water partition coefficient (Wildman–Crippen LogP) is 1.45. The van der Waals surface area contributed by atoms with Gasteiger partial charge in [0.25, 0.3) is 0 Å². The van der Waals surface area contributed by atoms with E-state index in [-0.39, 0.29) is 5.75 Å². The van der Waals surface area contributed by atoms with Crippen molar-refractivity contribution in [1.82, 2.24) is 4.72 Å². The Balaban J connectivity index is 2.28. The number of benzene rings is 1. The number of para-hydroxylation sites is 1. The van der Waals surface area contributed by atoms with Gasteiger partial charge in [0.05, 0.1) is 5.75 Å². The molecule has 1 N–H and O–H groups in total. The summed E-state index contributed by atoms with van der Waals surface area (Å²) in [5, 5.41) is 0. The van der Waals surface area contributed by atoms with Crippen LogP contribution in [0.5, 0.6) is 0 Å². The third-order valence-corrected chi connectivity index (χ3v) is 3.97. The van der Waals surface area contributed by atoms with Crippen LogP contribution in [0.2, 0.25) is 0 Å². The fraction of sp³-hybridized carbons (Fsp3) is 0.500. The molecule has 0 aliphatic heterocycles. The molecule has 0 amide bonds. The second-order valence-corrected chi connectivity index (χ2v) is 6.00. The summed E-state index contributed by atoms with van der Waals surface area (Å²) < 4.78 is 24.9. The molecule has 0 radical (unpaired) electrons. The molecule has 0 aliphatic rings. The fourth-order valence-electron chi connectivity index (χ4n) is 1.46. The van der Waals surface area contributed by atoms with Crippen LogP contribution in [-0.2, 0) is 10.0 Å². The molecule has 17 heavy (non-hydrogen) atoms. The van der Waals surface area contributed by atoms with Crippen LogP contribution in [0.3, 0.4) is 0 Å². The average molecular weight is 256 g/mol. The molecular formula is C12H20N2O2S. The first-order valence-corrected chi connectivity index (χ1v) is 7.44. The molecule has 1 aromatic carbocycles. The van der Waals surface area contributed by atoms with E-state index in [4.69, 9.17) is 0 Å². The zero-order valence-electron chi connectivity index (χ0n) is 10.4. The van der Waals surface area contributed by atoms with Crippen LogP contribution < -0.4 is 9.62 Å². The molecule has 0 unspecified atom stereocenters. The average Bonchev–Trinajstić information content (AvgIpc) is 2.35. The molecule has 0 aliphatic carbocycles. The molecule has 0 aromatic heterocycles. The minimum absolute atomic E-state index is 0.140. The highest BCUT2D eigenvalue weighted by Gasteiger charge is 2.05. The van der Waals surface area contributed by atoms with Crippen molar-refractivity contribution < 1.29 is 8.42 Å². The van der Waals surface area contributed by atoms with E-state index in [2.05, 4.69) is 9.62 Å². The van der Waals surface area contributed by atoms with E-state index >= 15 is 0 Å². The number of anilines is 1. The van der Waals surface area contributed by atoms with Gasteiger partial charge in [0.15, 0.2) is 0 Å². The topological polar surface area (TPSA) is 49.4 Å². The first-order valence-electron chi connectivity index (χ1n) is 5.78. The Kier molecular flexibility index (Phi) is 5.44. The molecule has 0 bridgehead atoms. The van der Waals surface area contributed by atoms with Gasteiger partial charge in [-0.05, 0) is 25.5 Å². The largest absolute Gasteiger partial charge is 0.375 e. The van der Waals surface area contributed by atoms with Gasteiger partial charge in [-0.15, -0.1) is 0 Å². The van der Waals surface area contributed by atoms with E-state index in [0.717, 1.165) is 18.7 Å². The van der Waals surface area contributed by atoms with Crippen molar-refractivity contribution in [2.45, 2.75) is 13.3 Å². The number of hydrogen-bond donors (Lipinski definition) is 1. The lowest BCUT2D eigenvalue weighted by Gasteiger charge is -2.19. The summed E-state index contributed by atoms with van der Waals surface area (Å²) in [5.41, 5.74) is 1.14. The van der Waals surface area contributed by atoms with Crippen molar-refractivity contribution in [2.75, 3.05) is 30.8 Å². The maximum Gasteiger partial charge on any atom is 0.211 e. The van der Waals surface area contributed by atoms with Crippen LogP contribution in [0.1, 0.15) is 13.3 Å². The summed E-state index contributed by atoms with van der Waals surface area (Å²) in [5.74, 6) is 0.140. The Morgan fingerprint density at radius 3 is 2.47 bits per heavy atom. The lowest BCUT2D eigenvalue weighted by molar-refractivity contribution is 0.580. The summed E-state index contributed by atoms with van der Waals surface area (Å²) in [6.45, 7) is 2.96. The third-order valence-electron chi connectivity index (χ3n) is 2.57. The van der Waals surface area contributed by atoms with Crippen LogP contribution in [0.25, 0.3) is 0 Å². The normalized spacial score (nSPS) is 11.4. The molecule has 5 heteroatoms. The molecular weight excluding hydrogens is 236 g/mol. The summed E-state index contributed by atoms with van der Waals surface area (Å²) in [6.07, 6.45) is 0.796. The van der Waals surface area contributed by atoms with Gasteiger partial charge in [0.2, 0.25) is 10.0 Å². The molecule has 0 atom stereocenters. The zero-order valence-corrected chi connectivity index (χ0v) is 11.2. The number of rotatable bonds is 7. The monoisotopic (exact) mass is 256 g/mol. The first kappa shape index (κ1) is 14.0. The third kappa shape index (κ3) is 5.19. The van der Waals surface area contributed by atoms with Crippen LogP contribution >= 0.6 is 0 Å². The molecule has 0 saturated carbocycles. The molecule has 1 aromatic rings. The van der Waals surface area contributed by atoms with Gasteiger partial charge >= 0.3 is 0 Å². The number of nitrogens with zero attached hydrogens (tertiary/aromatic N) is 1. The van der Waals surface area contributed by atoms with Gasteiger partial charge in [0.1, 0.15) is 0 Å². The van der Waals surface area contributed by atoms with Crippen molar-refractivity contribution >= 4 is 15.7 Å². The molecule has 0 spiro atoms. The quantitative estimate of drug-likeness (QED) is 0.751. The Morgan fingerprint density at radius 1 is 1.24 bits per heavy atom. The van der Waals surface area contributed by atoms with Gasteiger partial charge in [-0.1, -0.05) is 18.2 Å². The molecule has 0 heterocycles. The maximum absolute atomic E-state index is 11.2. The van der Waals surface area contributed by atoms with Gasteiger partial charge in [-0.3, -0.25) is 0 Å². The molecule has 96 valence electrons. The van der Waals surface area contributed by atoms with Crippen molar-refractivity contribution in [3.63, 3.8) is 0 Å². The van der Waals surface area contributed by atoms with Gasteiger partial charge in [0, 0.05) is 25.8 Å². The van der Waals surface area contributed by atoms with Crippen molar-refractivity contribution in [1.29, 1.82) is 0 Å². The van der Waals surface area contributed by atoms with Gasteiger partial charge in [-0.25, -0.2) is 13.1 Å². The first-order chi connectivity index (χ1) is 8.05. The second kappa shape index (κ2) is 6.61. The SMILES string of the molecule is CCS(=O)(=O)NCCCN(C)c1ccccc1. The van der Waals surface area contributed by atoms with E-state index in [1.807, 2.05) is 37.4 Å². The van der Waals surface area contributed by atoms with E-state index in [9.17, 15) is 8.42 Å². The Morgan fingerprint density at radius 2 is 1.88 bits per heavy atom.